The van der Waals surface area contributed by atoms with Crippen molar-refractivity contribution in [2.45, 2.75) is 107 Å². The normalized spacial score (nSPS) is 22.9. The lowest BCUT2D eigenvalue weighted by molar-refractivity contribution is -0.129. The van der Waals surface area contributed by atoms with Gasteiger partial charge in [-0.3, -0.25) is 9.59 Å². The van der Waals surface area contributed by atoms with Gasteiger partial charge in [-0.1, -0.05) is 42.5 Å². The Labute approximate surface area is 367 Å². The van der Waals surface area contributed by atoms with Crippen molar-refractivity contribution < 1.29 is 39.9 Å². The van der Waals surface area contributed by atoms with Crippen LogP contribution in [0.2, 0.25) is 0 Å². The second-order valence-electron chi connectivity index (χ2n) is 18.0. The third kappa shape index (κ3) is 9.00. The van der Waals surface area contributed by atoms with Crippen LogP contribution in [-0.2, 0) is 35.3 Å². The summed E-state index contributed by atoms with van der Waals surface area (Å²) < 4.78 is 6.37. The number of hydrogen-bond donors (Lipinski definition) is 8. The minimum atomic E-state index is -1.32. The fraction of sp³-hybridized carbons (Fsp3) is 0.385. The van der Waals surface area contributed by atoms with E-state index in [2.05, 4.69) is 15.3 Å². The first-order valence-electron chi connectivity index (χ1n) is 22.5. The van der Waals surface area contributed by atoms with Gasteiger partial charge < -0.3 is 45.6 Å². The number of nitrogens with one attached hydrogen (secondary N) is 3. The number of phenolic OH excluding ortho intramolecular Hbond substituents is 2. The molecule has 3 heterocycles. The van der Waals surface area contributed by atoms with Crippen molar-refractivity contribution >= 4 is 29.5 Å². The number of fused-ring (bicyclic) bond motifs is 8. The van der Waals surface area contributed by atoms with Crippen LogP contribution in [0.3, 0.4) is 0 Å². The number of anilines is 1. The molecule has 3 aliphatic carbocycles. The molecule has 0 radical (unpaired) electrons. The highest BCUT2D eigenvalue weighted by atomic mass is 16.5. The van der Waals surface area contributed by atoms with Crippen LogP contribution in [0.15, 0.2) is 84.7 Å². The molecule has 5 aromatic rings. The number of aromatic hydroxyl groups is 2. The number of benzene rings is 3. The zero-order valence-corrected chi connectivity index (χ0v) is 35.5. The molecule has 4 aliphatic rings. The van der Waals surface area contributed by atoms with Crippen molar-refractivity contribution in [1.29, 1.82) is 0 Å². The smallest absolute Gasteiger partial charge is 0.163 e. The van der Waals surface area contributed by atoms with Gasteiger partial charge in [-0.2, -0.15) is 0 Å². The van der Waals surface area contributed by atoms with Crippen molar-refractivity contribution in [2.24, 2.45) is 5.92 Å². The number of aliphatic hydroxyl groups is 3. The number of ketones is 2. The number of aromatic nitrogens is 2. The Morgan fingerprint density at radius 1 is 0.857 bits per heavy atom. The molecule has 328 valence electrons. The maximum Gasteiger partial charge on any atom is 0.163 e. The summed E-state index contributed by atoms with van der Waals surface area (Å²) in [5.41, 5.74) is 7.37. The van der Waals surface area contributed by atoms with Crippen LogP contribution in [0, 0.1) is 5.92 Å². The Morgan fingerprint density at radius 3 is 2.54 bits per heavy atom. The van der Waals surface area contributed by atoms with Gasteiger partial charge >= 0.3 is 0 Å². The molecule has 9 rings (SSSR count). The summed E-state index contributed by atoms with van der Waals surface area (Å²) in [7, 11) is 0. The Bertz CT molecular complexity index is 2560. The molecule has 0 spiro atoms. The number of aliphatic hydroxyl groups excluding tert-OH is 2. The molecule has 3 aromatic carbocycles. The predicted octanol–water partition coefficient (Wildman–Crippen LogP) is 8.14. The van der Waals surface area contributed by atoms with Gasteiger partial charge in [-0.25, -0.2) is 0 Å². The van der Waals surface area contributed by atoms with Crippen LogP contribution in [0.25, 0.3) is 12.2 Å². The first-order chi connectivity index (χ1) is 30.6. The summed E-state index contributed by atoms with van der Waals surface area (Å²) in [4.78, 5) is 35.6. The topological polar surface area (TPSA) is 188 Å². The van der Waals surface area contributed by atoms with Crippen molar-refractivity contribution in [1.82, 2.24) is 9.97 Å². The minimum Gasteiger partial charge on any atom is -0.507 e. The molecule has 1 fully saturated rings. The third-order valence-electron chi connectivity index (χ3n) is 13.8. The van der Waals surface area contributed by atoms with Crippen molar-refractivity contribution in [2.75, 3.05) is 18.5 Å². The molecular weight excluding hydrogens is 795 g/mol. The first kappa shape index (κ1) is 42.4. The zero-order valence-electron chi connectivity index (χ0n) is 35.5. The maximum absolute atomic E-state index is 14.9. The van der Waals surface area contributed by atoms with Crippen LogP contribution in [0.1, 0.15) is 126 Å². The van der Waals surface area contributed by atoms with E-state index >= 15 is 0 Å². The van der Waals surface area contributed by atoms with E-state index < -0.39 is 23.5 Å². The molecule has 0 amide bonds. The Morgan fingerprint density at radius 2 is 1.70 bits per heavy atom. The number of H-pyrrole nitrogens is 2. The molecule has 1 saturated carbocycles. The van der Waals surface area contributed by atoms with Crippen molar-refractivity contribution in [3.63, 3.8) is 0 Å². The molecule has 11 heteroatoms. The van der Waals surface area contributed by atoms with Crippen LogP contribution >= 0.6 is 0 Å². The number of phenols is 2. The average Bonchev–Trinajstić information content (AvgIpc) is 4.05. The van der Waals surface area contributed by atoms with Crippen molar-refractivity contribution in [3.8, 4) is 17.2 Å². The van der Waals surface area contributed by atoms with Crippen LogP contribution in [0.5, 0.6) is 17.2 Å². The molecule has 63 heavy (non-hydrogen) atoms. The summed E-state index contributed by atoms with van der Waals surface area (Å²) in [6.07, 6.45) is 14.6. The van der Waals surface area contributed by atoms with Gasteiger partial charge in [0, 0.05) is 67.0 Å². The number of Topliss-reactive ketones (excluding diaryl/α,β-unsaturated/α-hetero) is 2. The lowest BCUT2D eigenvalue weighted by Crippen LogP contribution is -2.37. The lowest BCUT2D eigenvalue weighted by Gasteiger charge is -2.37. The van der Waals surface area contributed by atoms with Gasteiger partial charge in [0.2, 0.25) is 0 Å². The van der Waals surface area contributed by atoms with E-state index in [-0.39, 0.29) is 79.3 Å². The fourth-order valence-corrected chi connectivity index (χ4v) is 10.4. The molecule has 4 unspecified atom stereocenters. The van der Waals surface area contributed by atoms with E-state index in [0.717, 1.165) is 70.6 Å². The summed E-state index contributed by atoms with van der Waals surface area (Å²) in [5.74, 6) is -0.611. The van der Waals surface area contributed by atoms with E-state index in [1.807, 2.05) is 54.9 Å². The number of rotatable bonds is 7. The minimum absolute atomic E-state index is 0.0389. The maximum atomic E-state index is 14.9. The lowest BCUT2D eigenvalue weighted by atomic mass is 9.68. The number of carbonyl (C=O) groups excluding carboxylic acids is 2. The molecule has 4 atom stereocenters. The summed E-state index contributed by atoms with van der Waals surface area (Å²) in [6, 6.07) is 18.7. The highest BCUT2D eigenvalue weighted by Gasteiger charge is 2.42. The van der Waals surface area contributed by atoms with E-state index in [4.69, 9.17) is 4.74 Å². The molecule has 11 nitrogen and oxygen atoms in total. The van der Waals surface area contributed by atoms with E-state index in [1.54, 1.807) is 36.4 Å². The number of hydrogen-bond acceptors (Lipinski definition) is 9. The van der Waals surface area contributed by atoms with E-state index in [9.17, 15) is 35.1 Å². The highest BCUT2D eigenvalue weighted by molar-refractivity contribution is 6.02. The second-order valence-corrected chi connectivity index (χ2v) is 18.0. The summed E-state index contributed by atoms with van der Waals surface area (Å²) in [6.45, 7) is 0.322. The van der Waals surface area contributed by atoms with Gasteiger partial charge in [-0.15, -0.1) is 0 Å². The number of carbonyl (C=O) groups is 2. The molecule has 1 aliphatic heterocycles. The van der Waals surface area contributed by atoms with Gasteiger partial charge in [-0.05, 0) is 145 Å². The predicted molar refractivity (Wildman–Crippen MR) is 242 cm³/mol. The zero-order chi connectivity index (χ0) is 43.7. The van der Waals surface area contributed by atoms with Gasteiger partial charge in [0.15, 0.2) is 11.5 Å². The van der Waals surface area contributed by atoms with Gasteiger partial charge in [0.1, 0.15) is 29.2 Å². The Hall–Kier alpha value is -5.88. The highest BCUT2D eigenvalue weighted by Crippen LogP contribution is 2.47. The largest absolute Gasteiger partial charge is 0.507 e. The third-order valence-corrected chi connectivity index (χ3v) is 13.8. The average molecular weight is 852 g/mol. The fourth-order valence-electron chi connectivity index (χ4n) is 10.4. The quantitative estimate of drug-likeness (QED) is 0.0748. The molecular formula is C52H57N3O8. The van der Waals surface area contributed by atoms with Crippen LogP contribution in [-0.4, -0.2) is 71.9 Å². The standard InChI is InChI=1S/C52H57N3O8/c56-22-4-6-32-11-12-34-25-36(32)26-35-16-20-54-51(35)55-30-37-27-44-41(17-21-53-44)43(29-52(62)18-14-33-5-3-9-45(58)40(33)15-19-52)48(37)46(59)28-38(57)13-10-31-23-42(49(34)60)50(61)47(24-31)63-39-7-1-2-8-39/h3,5,9,11-12,15-17,19-21,23-25,27,39,43,48-49,53-56,58,60-62H,1-2,4,6-8,10,13-14,18,22,26,28-30H2. The first-order valence-corrected chi connectivity index (χ1v) is 22.5. The number of aromatic amines is 2. The van der Waals surface area contributed by atoms with Gasteiger partial charge in [0.05, 0.1) is 18.1 Å². The Balaban J connectivity index is 1.10. The molecule has 8 N–H and O–H groups in total. The number of ether oxygens (including phenoxy) is 1. The van der Waals surface area contributed by atoms with Gasteiger partial charge in [0.25, 0.3) is 0 Å². The Kier molecular flexibility index (Phi) is 12.2. The van der Waals surface area contributed by atoms with Crippen LogP contribution < -0.4 is 10.1 Å². The summed E-state index contributed by atoms with van der Waals surface area (Å²) in [5, 5.41) is 60.1. The monoisotopic (exact) mass is 851 g/mol. The van der Waals surface area contributed by atoms with E-state index in [0.29, 0.717) is 48.8 Å². The van der Waals surface area contributed by atoms with Crippen LogP contribution in [0.4, 0.5) is 5.82 Å². The number of aryl methyl sites for hydroxylation is 3. The molecule has 0 saturated heterocycles. The van der Waals surface area contributed by atoms with E-state index in [1.165, 1.54) is 0 Å². The molecule has 4 bridgehead atoms. The van der Waals surface area contributed by atoms with Crippen molar-refractivity contribution in [3.05, 3.63) is 140 Å². The molecule has 2 aromatic heterocycles. The summed E-state index contributed by atoms with van der Waals surface area (Å²) >= 11 is 0. The second kappa shape index (κ2) is 18.1. The SMILES string of the molecule is O=C1CCc2cc(OC3CCCC3)c(O)c(c2)C(O)c2ccc(CCCO)c(c2)Cc2cc[nH]c2NCC2=Cc3[nH]ccc3C(CC3(O)C=Cc4c(O)cccc4CC3)C2C(=O)C1.